The quantitative estimate of drug-likeness (QED) is 0.757. The third-order valence-corrected chi connectivity index (χ3v) is 2.11. The summed E-state index contributed by atoms with van der Waals surface area (Å²) < 4.78 is 0. The maximum atomic E-state index is 9.20. The first kappa shape index (κ1) is 10.1. The van der Waals surface area contributed by atoms with E-state index in [9.17, 15) is 5.11 Å². The molecule has 68 valence electrons. The van der Waals surface area contributed by atoms with Crippen LogP contribution in [-0.4, -0.2) is 5.11 Å². The number of rotatable bonds is 1. The second-order valence-electron chi connectivity index (χ2n) is 2.44. The van der Waals surface area contributed by atoms with Gasteiger partial charge in [0.25, 0.3) is 0 Å². The molecule has 0 spiro atoms. The molecule has 1 atom stereocenters. The topological polar surface area (TPSA) is 70.0 Å². The summed E-state index contributed by atoms with van der Waals surface area (Å²) in [4.78, 5) is 0. The van der Waals surface area contributed by atoms with Crippen LogP contribution >= 0.6 is 23.2 Å². The van der Waals surface area contributed by atoms with Crippen LogP contribution in [-0.2, 0) is 0 Å². The number of aromatic hydroxyl groups is 1. The van der Waals surface area contributed by atoms with Crippen molar-refractivity contribution < 1.29 is 5.11 Å². The van der Waals surface area contributed by atoms with Gasteiger partial charge in [-0.05, 0) is 17.7 Å². The van der Waals surface area contributed by atoms with Gasteiger partial charge < -0.3 is 10.8 Å². The number of nitrogens with two attached hydrogens (primary N) is 1. The van der Waals surface area contributed by atoms with E-state index in [1.54, 1.807) is 0 Å². The normalized spacial score (nSPS) is 12.2. The summed E-state index contributed by atoms with van der Waals surface area (Å²) in [6.45, 7) is 0. The van der Waals surface area contributed by atoms with Gasteiger partial charge in [-0.2, -0.15) is 5.26 Å². The standard InChI is InChI=1S/C8H6Cl2N2O/c9-5-1-4(7(12)3-11)2-6(10)8(5)13/h1-2,7,13H,12H2/t7-/m1/s1. The zero-order valence-corrected chi connectivity index (χ0v) is 7.97. The highest BCUT2D eigenvalue weighted by molar-refractivity contribution is 6.37. The Morgan fingerprint density at radius 3 is 2.23 bits per heavy atom. The smallest absolute Gasteiger partial charge is 0.152 e. The Balaban J connectivity index is 3.22. The summed E-state index contributed by atoms with van der Waals surface area (Å²) in [7, 11) is 0. The van der Waals surface area contributed by atoms with Crippen molar-refractivity contribution in [2.75, 3.05) is 0 Å². The highest BCUT2D eigenvalue weighted by Gasteiger charge is 2.10. The van der Waals surface area contributed by atoms with Crippen molar-refractivity contribution in [3.8, 4) is 11.8 Å². The minimum Gasteiger partial charge on any atom is -0.505 e. The number of hydrogen-bond acceptors (Lipinski definition) is 3. The van der Waals surface area contributed by atoms with Crippen LogP contribution in [0.1, 0.15) is 11.6 Å². The molecule has 0 aliphatic heterocycles. The second-order valence-corrected chi connectivity index (χ2v) is 3.25. The molecule has 0 aromatic heterocycles. The van der Waals surface area contributed by atoms with Gasteiger partial charge in [-0.3, -0.25) is 0 Å². The average molecular weight is 217 g/mol. The number of hydrogen-bond donors (Lipinski definition) is 2. The van der Waals surface area contributed by atoms with E-state index < -0.39 is 6.04 Å². The number of halogens is 2. The summed E-state index contributed by atoms with van der Waals surface area (Å²) >= 11 is 11.2. The SMILES string of the molecule is N#C[C@@H](N)c1cc(Cl)c(O)c(Cl)c1. The molecule has 5 heteroatoms. The van der Waals surface area contributed by atoms with E-state index >= 15 is 0 Å². The number of nitriles is 1. The third-order valence-electron chi connectivity index (χ3n) is 1.54. The van der Waals surface area contributed by atoms with E-state index in [1.165, 1.54) is 12.1 Å². The minimum atomic E-state index is -0.782. The first-order valence-electron chi connectivity index (χ1n) is 3.39. The Labute approximate surface area is 85.3 Å². The zero-order chi connectivity index (χ0) is 10.0. The molecule has 0 heterocycles. The molecule has 0 saturated heterocycles. The molecule has 0 aliphatic rings. The van der Waals surface area contributed by atoms with E-state index in [1.807, 2.05) is 6.07 Å². The summed E-state index contributed by atoms with van der Waals surface area (Å²) in [5.74, 6) is -0.197. The van der Waals surface area contributed by atoms with Gasteiger partial charge in [0.1, 0.15) is 6.04 Å². The fourth-order valence-corrected chi connectivity index (χ4v) is 1.34. The van der Waals surface area contributed by atoms with Crippen LogP contribution in [0.2, 0.25) is 10.0 Å². The van der Waals surface area contributed by atoms with Crippen LogP contribution in [0.3, 0.4) is 0 Å². The number of benzene rings is 1. The lowest BCUT2D eigenvalue weighted by atomic mass is 10.1. The van der Waals surface area contributed by atoms with Crippen LogP contribution in [0.15, 0.2) is 12.1 Å². The Morgan fingerprint density at radius 1 is 1.38 bits per heavy atom. The van der Waals surface area contributed by atoms with Crippen molar-refractivity contribution in [3.05, 3.63) is 27.7 Å². The van der Waals surface area contributed by atoms with Crippen molar-refractivity contribution in [1.82, 2.24) is 0 Å². The molecule has 0 aliphatic carbocycles. The van der Waals surface area contributed by atoms with Crippen LogP contribution in [0.4, 0.5) is 0 Å². The number of nitrogens with zero attached hydrogens (tertiary/aromatic N) is 1. The Kier molecular flexibility index (Phi) is 2.99. The molecule has 0 bridgehead atoms. The molecule has 1 aromatic carbocycles. The largest absolute Gasteiger partial charge is 0.505 e. The highest BCUT2D eigenvalue weighted by atomic mass is 35.5. The van der Waals surface area contributed by atoms with Crippen LogP contribution < -0.4 is 5.73 Å². The van der Waals surface area contributed by atoms with Crippen molar-refractivity contribution >= 4 is 23.2 Å². The molecule has 0 radical (unpaired) electrons. The highest BCUT2D eigenvalue weighted by Crippen LogP contribution is 2.33. The molecule has 0 saturated carbocycles. The van der Waals surface area contributed by atoms with Gasteiger partial charge in [-0.1, -0.05) is 23.2 Å². The lowest BCUT2D eigenvalue weighted by Crippen LogP contribution is -2.06. The van der Waals surface area contributed by atoms with E-state index in [4.69, 9.17) is 34.2 Å². The van der Waals surface area contributed by atoms with Crippen LogP contribution in [0.5, 0.6) is 5.75 Å². The van der Waals surface area contributed by atoms with E-state index in [0.717, 1.165) is 0 Å². The van der Waals surface area contributed by atoms with E-state index in [2.05, 4.69) is 0 Å². The Bertz CT molecular complexity index is 350. The summed E-state index contributed by atoms with van der Waals surface area (Å²) in [6, 6.07) is 3.88. The number of phenolic OH excluding ortho intramolecular Hbond substituents is 1. The monoisotopic (exact) mass is 216 g/mol. The molecule has 1 aromatic rings. The fourth-order valence-electron chi connectivity index (χ4n) is 0.839. The van der Waals surface area contributed by atoms with Gasteiger partial charge in [-0.25, -0.2) is 0 Å². The van der Waals surface area contributed by atoms with Crippen LogP contribution in [0.25, 0.3) is 0 Å². The molecule has 0 unspecified atom stereocenters. The first-order chi connectivity index (χ1) is 6.06. The molecule has 1 rings (SSSR count). The van der Waals surface area contributed by atoms with Gasteiger partial charge in [0, 0.05) is 0 Å². The minimum absolute atomic E-state index is 0.0909. The molecular formula is C8H6Cl2N2O. The third kappa shape index (κ3) is 2.04. The van der Waals surface area contributed by atoms with Gasteiger partial charge in [0.2, 0.25) is 0 Å². The molecule has 3 nitrogen and oxygen atoms in total. The Morgan fingerprint density at radius 2 is 1.85 bits per heavy atom. The fraction of sp³-hybridized carbons (Fsp3) is 0.125. The van der Waals surface area contributed by atoms with E-state index in [0.29, 0.717) is 5.56 Å². The lowest BCUT2D eigenvalue weighted by molar-refractivity contribution is 0.475. The average Bonchev–Trinajstić information content (AvgIpc) is 2.12. The van der Waals surface area contributed by atoms with Gasteiger partial charge >= 0.3 is 0 Å². The van der Waals surface area contributed by atoms with Crippen molar-refractivity contribution in [2.45, 2.75) is 6.04 Å². The zero-order valence-electron chi connectivity index (χ0n) is 6.46. The number of phenols is 1. The van der Waals surface area contributed by atoms with Gasteiger partial charge in [0.05, 0.1) is 16.1 Å². The molecule has 3 N–H and O–H groups in total. The molecular weight excluding hydrogens is 211 g/mol. The Hall–Kier alpha value is -0.950. The van der Waals surface area contributed by atoms with Crippen molar-refractivity contribution in [1.29, 1.82) is 5.26 Å². The maximum Gasteiger partial charge on any atom is 0.152 e. The summed E-state index contributed by atoms with van der Waals surface area (Å²) in [6.07, 6.45) is 0. The van der Waals surface area contributed by atoms with Crippen LogP contribution in [0, 0.1) is 11.3 Å². The van der Waals surface area contributed by atoms with Crippen molar-refractivity contribution in [3.63, 3.8) is 0 Å². The van der Waals surface area contributed by atoms with E-state index in [-0.39, 0.29) is 15.8 Å². The molecule has 0 fully saturated rings. The van der Waals surface area contributed by atoms with Gasteiger partial charge in [-0.15, -0.1) is 0 Å². The second kappa shape index (κ2) is 3.84. The molecule has 13 heavy (non-hydrogen) atoms. The lowest BCUT2D eigenvalue weighted by Gasteiger charge is -2.06. The maximum absolute atomic E-state index is 9.20. The first-order valence-corrected chi connectivity index (χ1v) is 4.15. The summed E-state index contributed by atoms with van der Waals surface area (Å²) in [5.41, 5.74) is 5.90. The predicted octanol–water partition coefficient (Wildman–Crippen LogP) is 2.22. The predicted molar refractivity (Wildman–Crippen MR) is 50.7 cm³/mol. The molecule has 0 amide bonds. The van der Waals surface area contributed by atoms with Crippen molar-refractivity contribution in [2.24, 2.45) is 5.73 Å². The van der Waals surface area contributed by atoms with Gasteiger partial charge in [0.15, 0.2) is 5.75 Å². The summed E-state index contributed by atoms with van der Waals surface area (Å²) in [5, 5.41) is 17.9.